The summed E-state index contributed by atoms with van der Waals surface area (Å²) in [4.78, 5) is 0. The first-order chi connectivity index (χ1) is 3.12. The van der Waals surface area contributed by atoms with Crippen molar-refractivity contribution < 1.29 is 8.85 Å². The van der Waals surface area contributed by atoms with Gasteiger partial charge < -0.3 is 8.85 Å². The van der Waals surface area contributed by atoms with Gasteiger partial charge in [0.15, 0.2) is 0 Å². The van der Waals surface area contributed by atoms with Crippen LogP contribution >= 0.6 is 0 Å². The minimum Gasteiger partial charge on any atom is -0.398 e. The SMILES string of the molecule is CO[Si](C)(C)OC.[Ge]. The van der Waals surface area contributed by atoms with Gasteiger partial charge in [-0.3, -0.25) is 0 Å². The van der Waals surface area contributed by atoms with Gasteiger partial charge in [0, 0.05) is 31.8 Å². The summed E-state index contributed by atoms with van der Waals surface area (Å²) in [5.41, 5.74) is 0. The minimum atomic E-state index is -1.65. The second-order valence-electron chi connectivity index (χ2n) is 1.81. The molecule has 0 bridgehead atoms. The van der Waals surface area contributed by atoms with Gasteiger partial charge in [0.1, 0.15) is 0 Å². The average molecular weight is 193 g/mol. The Morgan fingerprint density at radius 3 is 1.25 bits per heavy atom. The van der Waals surface area contributed by atoms with E-state index in [-0.39, 0.29) is 17.6 Å². The fourth-order valence-corrected chi connectivity index (χ4v) is 0.250. The number of rotatable bonds is 2. The normalized spacial score (nSPS) is 10.5. The van der Waals surface area contributed by atoms with E-state index in [0.29, 0.717) is 0 Å². The fraction of sp³-hybridized carbons (Fsp3) is 1.00. The van der Waals surface area contributed by atoms with Gasteiger partial charge in [-0.25, -0.2) is 0 Å². The molecule has 0 aliphatic rings. The summed E-state index contributed by atoms with van der Waals surface area (Å²) in [6.07, 6.45) is 0. The summed E-state index contributed by atoms with van der Waals surface area (Å²) in [6, 6.07) is 0. The van der Waals surface area contributed by atoms with E-state index in [1.165, 1.54) is 0 Å². The molecule has 0 aromatic rings. The third-order valence-electron chi connectivity index (χ3n) is 0.983. The molecule has 0 heterocycles. The smallest absolute Gasteiger partial charge is 0.331 e. The molecule has 0 aromatic heterocycles. The second kappa shape index (κ2) is 4.55. The van der Waals surface area contributed by atoms with E-state index in [4.69, 9.17) is 8.85 Å². The molecule has 0 N–H and O–H groups in total. The van der Waals surface area contributed by atoms with Crippen molar-refractivity contribution in [2.45, 2.75) is 13.1 Å². The molecule has 0 saturated carbocycles. The molecule has 0 spiro atoms. The zero-order chi connectivity index (χ0) is 5.91. The van der Waals surface area contributed by atoms with E-state index in [9.17, 15) is 0 Å². The van der Waals surface area contributed by atoms with E-state index in [2.05, 4.69) is 0 Å². The van der Waals surface area contributed by atoms with E-state index < -0.39 is 8.56 Å². The molecule has 4 radical (unpaired) electrons. The van der Waals surface area contributed by atoms with E-state index in [1.54, 1.807) is 14.2 Å². The van der Waals surface area contributed by atoms with Gasteiger partial charge in [0.25, 0.3) is 0 Å². The molecular formula is C4H12GeO2Si. The maximum Gasteiger partial charge on any atom is 0.331 e. The Hall–Kier alpha value is 0.680. The quantitative estimate of drug-likeness (QED) is 0.597. The van der Waals surface area contributed by atoms with Crippen LogP contribution in [0.3, 0.4) is 0 Å². The van der Waals surface area contributed by atoms with Crippen molar-refractivity contribution in [1.82, 2.24) is 0 Å². The summed E-state index contributed by atoms with van der Waals surface area (Å²) < 4.78 is 10.0. The van der Waals surface area contributed by atoms with Gasteiger partial charge in [-0.05, 0) is 13.1 Å². The van der Waals surface area contributed by atoms with Crippen molar-refractivity contribution in [2.24, 2.45) is 0 Å². The molecule has 0 aromatic carbocycles. The van der Waals surface area contributed by atoms with Gasteiger partial charge in [-0.15, -0.1) is 0 Å². The largest absolute Gasteiger partial charge is 0.398 e. The Morgan fingerprint density at radius 2 is 1.25 bits per heavy atom. The summed E-state index contributed by atoms with van der Waals surface area (Å²) in [6.45, 7) is 3.99. The van der Waals surface area contributed by atoms with Crippen LogP contribution < -0.4 is 0 Å². The standard InChI is InChI=1S/C4H12O2Si.Ge/c1-5-7(3,4)6-2;/h1-4H3;. The second-order valence-corrected chi connectivity index (χ2v) is 5.42. The van der Waals surface area contributed by atoms with E-state index >= 15 is 0 Å². The molecule has 0 amide bonds. The van der Waals surface area contributed by atoms with Crippen molar-refractivity contribution >= 4 is 26.2 Å². The Balaban J connectivity index is 0. The summed E-state index contributed by atoms with van der Waals surface area (Å²) in [7, 11) is 1.70. The average Bonchev–Trinajstić information content (AvgIpc) is 1.68. The van der Waals surface area contributed by atoms with Crippen molar-refractivity contribution in [3.8, 4) is 0 Å². The van der Waals surface area contributed by atoms with Crippen molar-refractivity contribution in [3.05, 3.63) is 0 Å². The molecule has 8 heavy (non-hydrogen) atoms. The molecule has 0 aliphatic carbocycles. The fourth-order valence-electron chi connectivity index (χ4n) is 0.0833. The Bertz CT molecular complexity index is 52.0. The minimum absolute atomic E-state index is 0. The van der Waals surface area contributed by atoms with Crippen LogP contribution in [0.25, 0.3) is 0 Å². The monoisotopic (exact) mass is 194 g/mol. The van der Waals surface area contributed by atoms with Crippen LogP contribution in [0.15, 0.2) is 0 Å². The van der Waals surface area contributed by atoms with Gasteiger partial charge in [0.2, 0.25) is 0 Å². The molecule has 0 rings (SSSR count). The third kappa shape index (κ3) is 4.83. The Labute approximate surface area is 62.8 Å². The summed E-state index contributed by atoms with van der Waals surface area (Å²) in [5.74, 6) is 0. The van der Waals surface area contributed by atoms with Crippen LogP contribution in [-0.2, 0) is 8.85 Å². The van der Waals surface area contributed by atoms with E-state index in [0.717, 1.165) is 0 Å². The number of hydrogen-bond acceptors (Lipinski definition) is 2. The van der Waals surface area contributed by atoms with Crippen LogP contribution in [0.5, 0.6) is 0 Å². The van der Waals surface area contributed by atoms with Gasteiger partial charge in [0.05, 0.1) is 0 Å². The number of hydrogen-bond donors (Lipinski definition) is 0. The summed E-state index contributed by atoms with van der Waals surface area (Å²) in [5, 5.41) is 0. The zero-order valence-corrected chi connectivity index (χ0v) is 8.91. The summed E-state index contributed by atoms with van der Waals surface area (Å²) >= 11 is 0. The first kappa shape index (κ1) is 11.5. The van der Waals surface area contributed by atoms with Gasteiger partial charge in [-0.1, -0.05) is 0 Å². The van der Waals surface area contributed by atoms with Gasteiger partial charge in [-0.2, -0.15) is 0 Å². The maximum absolute atomic E-state index is 5.00. The molecule has 0 atom stereocenters. The predicted octanol–water partition coefficient (Wildman–Crippen LogP) is 0.600. The van der Waals surface area contributed by atoms with Crippen LogP contribution in [0, 0.1) is 0 Å². The molecular weight excluding hydrogens is 181 g/mol. The predicted molar refractivity (Wildman–Crippen MR) is 37.3 cm³/mol. The third-order valence-corrected chi connectivity index (χ3v) is 2.95. The topological polar surface area (TPSA) is 18.5 Å². The first-order valence-corrected chi connectivity index (χ1v) is 5.04. The van der Waals surface area contributed by atoms with E-state index in [1.807, 2.05) is 13.1 Å². The van der Waals surface area contributed by atoms with Crippen LogP contribution in [0.4, 0.5) is 0 Å². The molecule has 0 saturated heterocycles. The van der Waals surface area contributed by atoms with Gasteiger partial charge >= 0.3 is 8.56 Å². The molecule has 0 aliphatic heterocycles. The molecule has 0 unspecified atom stereocenters. The Morgan fingerprint density at radius 1 is 1.00 bits per heavy atom. The zero-order valence-electron chi connectivity index (χ0n) is 5.82. The van der Waals surface area contributed by atoms with Crippen LogP contribution in [0.1, 0.15) is 0 Å². The molecule has 0 fully saturated rings. The van der Waals surface area contributed by atoms with Crippen LogP contribution in [-0.4, -0.2) is 40.4 Å². The van der Waals surface area contributed by atoms with Crippen molar-refractivity contribution in [1.29, 1.82) is 0 Å². The molecule has 4 heteroatoms. The molecule has 48 valence electrons. The maximum atomic E-state index is 5.00. The van der Waals surface area contributed by atoms with Crippen molar-refractivity contribution in [3.63, 3.8) is 0 Å². The van der Waals surface area contributed by atoms with Crippen LogP contribution in [0.2, 0.25) is 13.1 Å². The molecule has 2 nitrogen and oxygen atoms in total. The first-order valence-electron chi connectivity index (χ1n) is 2.22. The van der Waals surface area contributed by atoms with Crippen molar-refractivity contribution in [2.75, 3.05) is 14.2 Å². The Kier molecular flexibility index (Phi) is 6.52.